The van der Waals surface area contributed by atoms with Crippen LogP contribution in [-0.2, 0) is 0 Å². The smallest absolute Gasteiger partial charge is 0.0356 e. The van der Waals surface area contributed by atoms with E-state index in [-0.39, 0.29) is 0 Å². The third kappa shape index (κ3) is 1.03. The van der Waals surface area contributed by atoms with E-state index in [9.17, 15) is 0 Å². The Morgan fingerprint density at radius 2 is 2.30 bits per heavy atom. The van der Waals surface area contributed by atoms with Crippen molar-refractivity contribution in [1.29, 1.82) is 0 Å². The highest BCUT2D eigenvalue weighted by atomic mass is 35.5. The predicted octanol–water partition coefficient (Wildman–Crippen LogP) is 1.88. The lowest BCUT2D eigenvalue weighted by Crippen LogP contribution is -2.33. The van der Waals surface area contributed by atoms with Crippen LogP contribution in [0, 0.1) is 5.92 Å². The van der Waals surface area contributed by atoms with Gasteiger partial charge in [-0.25, -0.2) is 0 Å². The van der Waals surface area contributed by atoms with Crippen molar-refractivity contribution >= 4 is 11.6 Å². The van der Waals surface area contributed by atoms with Crippen LogP contribution in [0.25, 0.3) is 0 Å². The average molecular weight is 158 g/mol. The number of fused-ring (bicyclic) bond motifs is 1. The first-order valence-electron chi connectivity index (χ1n) is 3.93. The van der Waals surface area contributed by atoms with Gasteiger partial charge in [-0.3, -0.25) is 0 Å². The molecule has 2 heteroatoms. The fourth-order valence-corrected chi connectivity index (χ4v) is 2.19. The summed E-state index contributed by atoms with van der Waals surface area (Å²) < 4.78 is 0. The van der Waals surface area contributed by atoms with Crippen molar-refractivity contribution < 1.29 is 0 Å². The Balaban J connectivity index is 2.01. The molecule has 0 saturated heterocycles. The standard InChI is InChI=1S/C8H12ClN/c9-7-2-1-6-3-4-10-8(6)5-7/h3-4,6-8,10H,1-2,5H2. The van der Waals surface area contributed by atoms with Crippen LogP contribution in [0.4, 0.5) is 0 Å². The topological polar surface area (TPSA) is 12.0 Å². The quantitative estimate of drug-likeness (QED) is 0.530. The van der Waals surface area contributed by atoms with Crippen LogP contribution >= 0.6 is 11.6 Å². The molecule has 3 atom stereocenters. The van der Waals surface area contributed by atoms with Crippen molar-refractivity contribution in [2.45, 2.75) is 30.7 Å². The molecule has 1 heterocycles. The van der Waals surface area contributed by atoms with E-state index in [4.69, 9.17) is 11.6 Å². The second-order valence-electron chi connectivity index (χ2n) is 3.21. The van der Waals surface area contributed by atoms with Gasteiger partial charge in [0.05, 0.1) is 0 Å². The Morgan fingerprint density at radius 3 is 3.20 bits per heavy atom. The van der Waals surface area contributed by atoms with Gasteiger partial charge in [-0.2, -0.15) is 0 Å². The van der Waals surface area contributed by atoms with Gasteiger partial charge in [0.25, 0.3) is 0 Å². The van der Waals surface area contributed by atoms with Gasteiger partial charge in [-0.15, -0.1) is 11.6 Å². The van der Waals surface area contributed by atoms with Crippen LogP contribution in [0.3, 0.4) is 0 Å². The Labute approximate surface area is 66.4 Å². The molecule has 0 spiro atoms. The minimum absolute atomic E-state index is 0.411. The van der Waals surface area contributed by atoms with Crippen molar-refractivity contribution in [2.24, 2.45) is 5.92 Å². The van der Waals surface area contributed by atoms with E-state index in [1.54, 1.807) is 0 Å². The predicted molar refractivity (Wildman–Crippen MR) is 43.0 cm³/mol. The fourth-order valence-electron chi connectivity index (χ4n) is 1.87. The van der Waals surface area contributed by atoms with Crippen LogP contribution in [0.5, 0.6) is 0 Å². The number of rotatable bonds is 0. The summed E-state index contributed by atoms with van der Waals surface area (Å²) in [6.07, 6.45) is 7.94. The molecule has 0 aromatic heterocycles. The van der Waals surface area contributed by atoms with E-state index in [0.29, 0.717) is 11.4 Å². The molecular weight excluding hydrogens is 146 g/mol. The largest absolute Gasteiger partial charge is 0.388 e. The van der Waals surface area contributed by atoms with Gasteiger partial charge < -0.3 is 5.32 Å². The van der Waals surface area contributed by atoms with Crippen LogP contribution < -0.4 is 5.32 Å². The number of halogens is 1. The van der Waals surface area contributed by atoms with E-state index in [1.807, 2.05) is 0 Å². The molecule has 56 valence electrons. The summed E-state index contributed by atoms with van der Waals surface area (Å²) in [7, 11) is 0. The van der Waals surface area contributed by atoms with Crippen molar-refractivity contribution in [3.05, 3.63) is 12.3 Å². The molecule has 0 bridgehead atoms. The second-order valence-corrected chi connectivity index (χ2v) is 3.82. The third-order valence-corrected chi connectivity index (χ3v) is 2.89. The minimum Gasteiger partial charge on any atom is -0.388 e. The van der Waals surface area contributed by atoms with Crippen LogP contribution in [-0.4, -0.2) is 11.4 Å². The lowest BCUT2D eigenvalue weighted by molar-refractivity contribution is 0.356. The molecule has 1 nitrogen and oxygen atoms in total. The maximum absolute atomic E-state index is 6.02. The minimum atomic E-state index is 0.411. The molecule has 0 aromatic rings. The van der Waals surface area contributed by atoms with E-state index in [2.05, 4.69) is 17.6 Å². The van der Waals surface area contributed by atoms with Crippen LogP contribution in [0.15, 0.2) is 12.3 Å². The highest BCUT2D eigenvalue weighted by molar-refractivity contribution is 6.20. The monoisotopic (exact) mass is 157 g/mol. The molecule has 1 aliphatic carbocycles. The maximum Gasteiger partial charge on any atom is 0.0356 e. The van der Waals surface area contributed by atoms with Gasteiger partial charge in [-0.05, 0) is 31.4 Å². The van der Waals surface area contributed by atoms with Gasteiger partial charge >= 0.3 is 0 Å². The highest BCUT2D eigenvalue weighted by Crippen LogP contribution is 2.31. The van der Waals surface area contributed by atoms with Gasteiger partial charge in [0.15, 0.2) is 0 Å². The molecule has 0 aromatic carbocycles. The molecule has 1 fully saturated rings. The maximum atomic E-state index is 6.02. The van der Waals surface area contributed by atoms with Gasteiger partial charge in [0.1, 0.15) is 0 Å². The second kappa shape index (κ2) is 2.46. The van der Waals surface area contributed by atoms with Crippen LogP contribution in [0.1, 0.15) is 19.3 Å². The number of alkyl halides is 1. The van der Waals surface area contributed by atoms with E-state index in [0.717, 1.165) is 12.3 Å². The normalized spacial score (nSPS) is 44.7. The lowest BCUT2D eigenvalue weighted by atomic mass is 9.86. The molecular formula is C8H12ClN. The summed E-state index contributed by atoms with van der Waals surface area (Å²) in [4.78, 5) is 0. The first-order valence-corrected chi connectivity index (χ1v) is 4.36. The molecule has 2 rings (SSSR count). The van der Waals surface area contributed by atoms with Gasteiger partial charge in [-0.1, -0.05) is 6.08 Å². The molecule has 2 aliphatic rings. The van der Waals surface area contributed by atoms with Gasteiger partial charge in [0, 0.05) is 11.4 Å². The Morgan fingerprint density at radius 1 is 1.40 bits per heavy atom. The zero-order valence-electron chi connectivity index (χ0n) is 5.89. The summed E-state index contributed by atoms with van der Waals surface area (Å²) >= 11 is 6.02. The summed E-state index contributed by atoms with van der Waals surface area (Å²) in [6.45, 7) is 0. The molecule has 0 radical (unpaired) electrons. The molecule has 0 amide bonds. The molecule has 3 unspecified atom stereocenters. The number of nitrogens with one attached hydrogen (secondary N) is 1. The average Bonchev–Trinajstić information content (AvgIpc) is 2.33. The lowest BCUT2D eigenvalue weighted by Gasteiger charge is -2.28. The third-order valence-electron chi connectivity index (χ3n) is 2.49. The van der Waals surface area contributed by atoms with Crippen molar-refractivity contribution in [3.8, 4) is 0 Å². The van der Waals surface area contributed by atoms with Crippen molar-refractivity contribution in [3.63, 3.8) is 0 Å². The summed E-state index contributed by atoms with van der Waals surface area (Å²) in [5.41, 5.74) is 0. The summed E-state index contributed by atoms with van der Waals surface area (Å²) in [5.74, 6) is 0.773. The van der Waals surface area contributed by atoms with E-state index in [1.165, 1.54) is 12.8 Å². The number of hydrogen-bond acceptors (Lipinski definition) is 1. The molecule has 1 aliphatic heterocycles. The number of hydrogen-bond donors (Lipinski definition) is 1. The first kappa shape index (κ1) is 6.53. The SMILES string of the molecule is ClC1CCC2C=CNC2C1. The van der Waals surface area contributed by atoms with E-state index < -0.39 is 0 Å². The Kier molecular flexibility index (Phi) is 1.61. The van der Waals surface area contributed by atoms with E-state index >= 15 is 0 Å². The Bertz CT molecular complexity index is 155. The Hall–Kier alpha value is -0.170. The van der Waals surface area contributed by atoms with Crippen molar-refractivity contribution in [1.82, 2.24) is 5.32 Å². The molecule has 1 saturated carbocycles. The summed E-state index contributed by atoms with van der Waals surface area (Å²) in [5, 5.41) is 3.73. The fraction of sp³-hybridized carbons (Fsp3) is 0.750. The zero-order chi connectivity index (χ0) is 6.97. The highest BCUT2D eigenvalue weighted by Gasteiger charge is 2.29. The molecule has 1 N–H and O–H groups in total. The summed E-state index contributed by atoms with van der Waals surface area (Å²) in [6, 6.07) is 0.649. The van der Waals surface area contributed by atoms with Gasteiger partial charge in [0.2, 0.25) is 0 Å². The molecule has 10 heavy (non-hydrogen) atoms. The van der Waals surface area contributed by atoms with Crippen molar-refractivity contribution in [2.75, 3.05) is 0 Å². The zero-order valence-corrected chi connectivity index (χ0v) is 6.64. The van der Waals surface area contributed by atoms with Crippen LogP contribution in [0.2, 0.25) is 0 Å². The first-order chi connectivity index (χ1) is 4.86.